The molecule has 0 aromatic heterocycles. The van der Waals surface area contributed by atoms with E-state index in [4.69, 9.17) is 17.3 Å². The fraction of sp³-hybridized carbons (Fsp3) is 0.381. The molecule has 2 unspecified atom stereocenters. The number of aliphatic imine (C=N–C) groups is 1. The van der Waals surface area contributed by atoms with Crippen LogP contribution in [0.3, 0.4) is 0 Å². The highest BCUT2D eigenvalue weighted by Gasteiger charge is 2.53. The first-order valence-corrected chi connectivity index (χ1v) is 10.6. The zero-order valence-corrected chi connectivity index (χ0v) is 16.5. The van der Waals surface area contributed by atoms with Crippen molar-refractivity contribution in [2.45, 2.75) is 47.5 Å². The number of anilines is 1. The van der Waals surface area contributed by atoms with E-state index >= 15 is 0 Å². The lowest BCUT2D eigenvalue weighted by Gasteiger charge is -2.40. The second kappa shape index (κ2) is 6.16. The number of nitrogens with two attached hydrogens (primary N) is 1. The normalized spacial score (nSPS) is 29.3. The summed E-state index contributed by atoms with van der Waals surface area (Å²) in [7, 11) is 0. The number of aliphatic hydroxyl groups is 1. The van der Waals surface area contributed by atoms with Gasteiger partial charge in [0.05, 0.1) is 10.6 Å². The van der Waals surface area contributed by atoms with E-state index in [0.29, 0.717) is 28.6 Å². The summed E-state index contributed by atoms with van der Waals surface area (Å²) in [6.45, 7) is 0. The van der Waals surface area contributed by atoms with Crippen molar-refractivity contribution in [2.24, 2.45) is 16.6 Å². The number of fused-ring (bicyclic) bond motifs is 2. The fourth-order valence-corrected chi connectivity index (χ4v) is 6.56. The van der Waals surface area contributed by atoms with Crippen LogP contribution in [-0.2, 0) is 5.60 Å². The standard InChI is InChI=1S/C21H22ClN3OS/c22-14-9-10-16-15(11-14)20(26,19(23)24-16)12-21(13-5-1-2-6-13)25-17-7-3-4-8-18(17)27-21/h3-4,7-11,13,25-26H,1-2,5-6,12H2,(H2,23,24). The molecule has 0 amide bonds. The van der Waals surface area contributed by atoms with E-state index in [1.165, 1.54) is 17.7 Å². The summed E-state index contributed by atoms with van der Waals surface area (Å²) < 4.78 is 0. The van der Waals surface area contributed by atoms with E-state index in [-0.39, 0.29) is 10.7 Å². The van der Waals surface area contributed by atoms with E-state index < -0.39 is 5.60 Å². The topological polar surface area (TPSA) is 70.6 Å². The average molecular weight is 400 g/mol. The number of halogens is 1. The number of thioether (sulfide) groups is 1. The Morgan fingerprint density at radius 3 is 2.78 bits per heavy atom. The van der Waals surface area contributed by atoms with Crippen LogP contribution in [0.5, 0.6) is 0 Å². The number of benzene rings is 2. The van der Waals surface area contributed by atoms with Crippen LogP contribution >= 0.6 is 23.4 Å². The Morgan fingerprint density at radius 2 is 2.00 bits per heavy atom. The van der Waals surface area contributed by atoms with Gasteiger partial charge in [-0.3, -0.25) is 0 Å². The predicted octanol–water partition coefficient (Wildman–Crippen LogP) is 5.02. The van der Waals surface area contributed by atoms with Crippen LogP contribution in [0.1, 0.15) is 37.7 Å². The number of hydrogen-bond acceptors (Lipinski definition) is 5. The van der Waals surface area contributed by atoms with E-state index in [0.717, 1.165) is 18.5 Å². The third-order valence-corrected chi connectivity index (χ3v) is 7.88. The Bertz CT molecular complexity index is 916. The van der Waals surface area contributed by atoms with Gasteiger partial charge in [-0.05, 0) is 49.1 Å². The van der Waals surface area contributed by atoms with Gasteiger partial charge in [-0.1, -0.05) is 48.3 Å². The Morgan fingerprint density at radius 1 is 1.22 bits per heavy atom. The van der Waals surface area contributed by atoms with Crippen molar-refractivity contribution >= 4 is 40.6 Å². The second-order valence-electron chi connectivity index (χ2n) is 7.79. The van der Waals surface area contributed by atoms with Crippen LogP contribution in [0, 0.1) is 5.92 Å². The van der Waals surface area contributed by atoms with Crippen molar-refractivity contribution in [3.63, 3.8) is 0 Å². The highest BCUT2D eigenvalue weighted by molar-refractivity contribution is 8.01. The van der Waals surface area contributed by atoms with Crippen molar-refractivity contribution in [2.75, 3.05) is 5.32 Å². The molecule has 2 aromatic carbocycles. The molecule has 4 N–H and O–H groups in total. The molecule has 2 atom stereocenters. The largest absolute Gasteiger partial charge is 0.384 e. The minimum absolute atomic E-state index is 0.260. The van der Waals surface area contributed by atoms with Gasteiger partial charge in [0.25, 0.3) is 0 Å². The van der Waals surface area contributed by atoms with Gasteiger partial charge in [-0.15, -0.1) is 0 Å². The van der Waals surface area contributed by atoms with Gasteiger partial charge in [0.2, 0.25) is 0 Å². The van der Waals surface area contributed by atoms with E-state index in [1.807, 2.05) is 23.9 Å². The molecule has 1 fully saturated rings. The maximum atomic E-state index is 11.7. The number of para-hydroxylation sites is 1. The van der Waals surface area contributed by atoms with Gasteiger partial charge in [0, 0.05) is 27.6 Å². The first-order chi connectivity index (χ1) is 13.0. The van der Waals surface area contributed by atoms with Crippen molar-refractivity contribution in [1.29, 1.82) is 0 Å². The van der Waals surface area contributed by atoms with Crippen molar-refractivity contribution in [1.82, 2.24) is 0 Å². The summed E-state index contributed by atoms with van der Waals surface area (Å²) in [5.74, 6) is 0.727. The van der Waals surface area contributed by atoms with Gasteiger partial charge in [0.15, 0.2) is 5.60 Å². The molecule has 2 heterocycles. The monoisotopic (exact) mass is 399 g/mol. The Labute approximate surface area is 168 Å². The Hall–Kier alpha value is -1.69. The van der Waals surface area contributed by atoms with Crippen LogP contribution in [-0.4, -0.2) is 15.8 Å². The van der Waals surface area contributed by atoms with Crippen molar-refractivity contribution in [3.05, 3.63) is 53.1 Å². The first-order valence-electron chi connectivity index (χ1n) is 9.43. The maximum absolute atomic E-state index is 11.7. The van der Waals surface area contributed by atoms with Crippen molar-refractivity contribution in [3.8, 4) is 0 Å². The van der Waals surface area contributed by atoms with Gasteiger partial charge in [-0.2, -0.15) is 0 Å². The second-order valence-corrected chi connectivity index (χ2v) is 9.60. The quantitative estimate of drug-likeness (QED) is 0.677. The summed E-state index contributed by atoms with van der Waals surface area (Å²) in [6, 6.07) is 13.8. The zero-order valence-electron chi connectivity index (χ0n) is 14.9. The summed E-state index contributed by atoms with van der Waals surface area (Å²) >= 11 is 8.06. The molecule has 0 radical (unpaired) electrons. The summed E-state index contributed by atoms with van der Waals surface area (Å²) in [5, 5.41) is 16.1. The predicted molar refractivity (Wildman–Crippen MR) is 112 cm³/mol. The molecule has 1 saturated carbocycles. The molecular weight excluding hydrogens is 378 g/mol. The molecule has 0 saturated heterocycles. The van der Waals surface area contributed by atoms with Gasteiger partial charge >= 0.3 is 0 Å². The first kappa shape index (κ1) is 17.4. The third-order valence-electron chi connectivity index (χ3n) is 6.13. The molecule has 140 valence electrons. The lowest BCUT2D eigenvalue weighted by atomic mass is 9.81. The van der Waals surface area contributed by atoms with Gasteiger partial charge in [-0.25, -0.2) is 4.99 Å². The summed E-state index contributed by atoms with van der Waals surface area (Å²) in [5.41, 5.74) is 7.52. The number of hydrogen-bond donors (Lipinski definition) is 3. The Balaban J connectivity index is 1.58. The van der Waals surface area contributed by atoms with Crippen LogP contribution in [0.15, 0.2) is 52.4 Å². The molecule has 6 heteroatoms. The summed E-state index contributed by atoms with van der Waals surface area (Å²) in [4.78, 5) is 5.37. The molecule has 0 spiro atoms. The SMILES string of the molecule is NC1=Nc2ccc(Cl)cc2C1(O)CC1(C2CCCC2)Nc2ccccc2S1. The minimum atomic E-state index is -1.31. The van der Waals surface area contributed by atoms with Gasteiger partial charge < -0.3 is 16.2 Å². The average Bonchev–Trinajstić information content (AvgIpc) is 3.34. The number of amidine groups is 1. The molecule has 2 aliphatic heterocycles. The highest BCUT2D eigenvalue weighted by Crippen LogP contribution is 2.58. The molecule has 0 bridgehead atoms. The molecule has 4 nitrogen and oxygen atoms in total. The Kier molecular flexibility index (Phi) is 3.97. The van der Waals surface area contributed by atoms with E-state index in [9.17, 15) is 5.11 Å². The zero-order chi connectivity index (χ0) is 18.6. The summed E-state index contributed by atoms with van der Waals surface area (Å²) in [6.07, 6.45) is 5.24. The van der Waals surface area contributed by atoms with Crippen LogP contribution in [0.2, 0.25) is 5.02 Å². The highest BCUT2D eigenvalue weighted by atomic mass is 35.5. The smallest absolute Gasteiger partial charge is 0.152 e. The fourth-order valence-electron chi connectivity index (χ4n) is 4.77. The minimum Gasteiger partial charge on any atom is -0.384 e. The molecular formula is C21H22ClN3OS. The van der Waals surface area contributed by atoms with Crippen molar-refractivity contribution < 1.29 is 5.11 Å². The lowest BCUT2D eigenvalue weighted by Crippen LogP contribution is -2.50. The maximum Gasteiger partial charge on any atom is 0.152 e. The number of nitrogens with one attached hydrogen (secondary N) is 1. The number of nitrogens with zero attached hydrogens (tertiary/aromatic N) is 1. The molecule has 3 aliphatic rings. The lowest BCUT2D eigenvalue weighted by molar-refractivity contribution is 0.0850. The molecule has 2 aromatic rings. The molecule has 1 aliphatic carbocycles. The molecule has 27 heavy (non-hydrogen) atoms. The molecule has 5 rings (SSSR count). The van der Waals surface area contributed by atoms with Gasteiger partial charge in [0.1, 0.15) is 5.84 Å². The third kappa shape index (κ3) is 2.67. The van der Waals surface area contributed by atoms with Crippen LogP contribution < -0.4 is 11.1 Å². The van der Waals surface area contributed by atoms with E-state index in [1.54, 1.807) is 12.1 Å². The van der Waals surface area contributed by atoms with Crippen LogP contribution in [0.25, 0.3) is 0 Å². The van der Waals surface area contributed by atoms with E-state index in [2.05, 4.69) is 28.5 Å². The number of rotatable bonds is 3. The van der Waals surface area contributed by atoms with Crippen LogP contribution in [0.4, 0.5) is 11.4 Å².